The van der Waals surface area contributed by atoms with Gasteiger partial charge >= 0.3 is 0 Å². The van der Waals surface area contributed by atoms with Crippen molar-refractivity contribution >= 4 is 11.7 Å². The van der Waals surface area contributed by atoms with Crippen LogP contribution in [0.1, 0.15) is 90.0 Å². The lowest BCUT2D eigenvalue weighted by atomic mass is 9.65. The van der Waals surface area contributed by atoms with E-state index in [1.807, 2.05) is 0 Å². The Morgan fingerprint density at radius 2 is 1.82 bits per heavy atom. The summed E-state index contributed by atoms with van der Waals surface area (Å²) in [6, 6.07) is 11.1. The predicted octanol–water partition coefficient (Wildman–Crippen LogP) is 5.71. The molecule has 3 aliphatic carbocycles. The van der Waals surface area contributed by atoms with Gasteiger partial charge in [-0.25, -0.2) is 0 Å². The summed E-state index contributed by atoms with van der Waals surface area (Å²) in [6.07, 6.45) is 11.5. The van der Waals surface area contributed by atoms with E-state index in [1.54, 1.807) is 0 Å². The molecule has 2 N–H and O–H groups in total. The third kappa shape index (κ3) is 6.93. The summed E-state index contributed by atoms with van der Waals surface area (Å²) in [5.41, 5.74) is 1.39. The van der Waals surface area contributed by atoms with Crippen LogP contribution in [-0.2, 0) is 16.0 Å². The molecule has 0 spiro atoms. The number of aliphatic hydroxyl groups is 1. The normalized spacial score (nSPS) is 30.6. The van der Waals surface area contributed by atoms with Gasteiger partial charge in [0.2, 0.25) is 5.91 Å². The largest absolute Gasteiger partial charge is 0.392 e. The molecule has 4 heteroatoms. The van der Waals surface area contributed by atoms with Crippen molar-refractivity contribution < 1.29 is 14.7 Å². The number of aliphatic hydroxyl groups excluding tert-OH is 1. The molecule has 4 rings (SSSR count). The molecule has 3 aliphatic rings. The van der Waals surface area contributed by atoms with Crippen LogP contribution in [0.3, 0.4) is 0 Å². The quantitative estimate of drug-likeness (QED) is 0.390. The van der Waals surface area contributed by atoms with Crippen molar-refractivity contribution in [3.63, 3.8) is 0 Å². The average molecular weight is 468 g/mol. The van der Waals surface area contributed by atoms with Crippen molar-refractivity contribution in [2.24, 2.45) is 35.5 Å². The Morgan fingerprint density at radius 3 is 2.50 bits per heavy atom. The SMILES string of the molecule is CC(CCc1ccccc1)CC(C)C1C(O)CC(=O)C1CC1CCC1CCCC(=O)NC1CC1. The lowest BCUT2D eigenvalue weighted by Gasteiger charge is -2.40. The minimum atomic E-state index is -0.474. The number of hydrogen-bond donors (Lipinski definition) is 2. The van der Waals surface area contributed by atoms with E-state index in [9.17, 15) is 14.7 Å². The highest BCUT2D eigenvalue weighted by Crippen LogP contribution is 2.47. The van der Waals surface area contributed by atoms with Crippen molar-refractivity contribution in [3.8, 4) is 0 Å². The Morgan fingerprint density at radius 1 is 1.09 bits per heavy atom. The van der Waals surface area contributed by atoms with Crippen LogP contribution in [-0.4, -0.2) is 28.9 Å². The molecule has 0 heterocycles. The topological polar surface area (TPSA) is 66.4 Å². The summed E-state index contributed by atoms with van der Waals surface area (Å²) in [6.45, 7) is 4.58. The fourth-order valence-electron chi connectivity index (χ4n) is 6.72. The molecule has 3 fully saturated rings. The van der Waals surface area contributed by atoms with Crippen LogP contribution in [0.4, 0.5) is 0 Å². The van der Waals surface area contributed by atoms with Gasteiger partial charge in [0.1, 0.15) is 5.78 Å². The number of ketones is 1. The maximum atomic E-state index is 12.9. The Labute approximate surface area is 206 Å². The lowest BCUT2D eigenvalue weighted by molar-refractivity contribution is -0.122. The summed E-state index contributed by atoms with van der Waals surface area (Å²) < 4.78 is 0. The zero-order valence-electron chi connectivity index (χ0n) is 21.3. The molecule has 3 saturated carbocycles. The number of carbonyl (C=O) groups excluding carboxylic acids is 2. The Bertz CT molecular complexity index is 805. The van der Waals surface area contributed by atoms with Gasteiger partial charge in [-0.1, -0.05) is 44.2 Å². The fourth-order valence-corrected chi connectivity index (χ4v) is 6.72. The van der Waals surface area contributed by atoms with E-state index in [1.165, 1.54) is 18.4 Å². The van der Waals surface area contributed by atoms with Crippen LogP contribution in [0.25, 0.3) is 0 Å². The third-order valence-corrected chi connectivity index (χ3v) is 8.99. The second-order valence-electron chi connectivity index (χ2n) is 11.8. The second kappa shape index (κ2) is 11.8. The van der Waals surface area contributed by atoms with Crippen molar-refractivity contribution in [1.29, 1.82) is 0 Å². The fraction of sp³-hybridized carbons (Fsp3) is 0.733. The summed E-state index contributed by atoms with van der Waals surface area (Å²) in [4.78, 5) is 24.8. The molecular formula is C30H45NO3. The van der Waals surface area contributed by atoms with Crippen LogP contribution >= 0.6 is 0 Å². The first-order chi connectivity index (χ1) is 16.4. The van der Waals surface area contributed by atoms with Gasteiger partial charge in [-0.3, -0.25) is 9.59 Å². The number of hydrogen-bond acceptors (Lipinski definition) is 3. The zero-order valence-corrected chi connectivity index (χ0v) is 21.3. The van der Waals surface area contributed by atoms with Crippen LogP contribution in [0, 0.1) is 35.5 Å². The molecule has 1 aromatic carbocycles. The highest BCUT2D eigenvalue weighted by Gasteiger charge is 2.46. The molecule has 1 amide bonds. The monoisotopic (exact) mass is 467 g/mol. The summed E-state index contributed by atoms with van der Waals surface area (Å²) >= 11 is 0. The standard InChI is InChI=1S/C30H45NO3/c1-20(11-12-22-7-4-3-5-8-22)17-21(2)30-26(27(32)19-28(30)33)18-24-14-13-23(24)9-6-10-29(34)31-25-15-16-25/h3-5,7-8,20-21,23-26,28,30,33H,6,9-19H2,1-2H3,(H,31,34). The van der Waals surface area contributed by atoms with E-state index in [0.717, 1.165) is 51.4 Å². The van der Waals surface area contributed by atoms with Gasteiger partial charge in [-0.05, 0) is 99.4 Å². The molecule has 188 valence electrons. The number of nitrogens with one attached hydrogen (secondary N) is 1. The van der Waals surface area contributed by atoms with E-state index in [2.05, 4.69) is 49.5 Å². The lowest BCUT2D eigenvalue weighted by Crippen LogP contribution is -2.34. The van der Waals surface area contributed by atoms with Gasteiger partial charge in [0.05, 0.1) is 6.10 Å². The summed E-state index contributed by atoms with van der Waals surface area (Å²) in [5.74, 6) is 2.82. The van der Waals surface area contributed by atoms with E-state index >= 15 is 0 Å². The van der Waals surface area contributed by atoms with Gasteiger partial charge in [-0.2, -0.15) is 0 Å². The van der Waals surface area contributed by atoms with Gasteiger partial charge in [0.25, 0.3) is 0 Å². The van der Waals surface area contributed by atoms with Crippen LogP contribution in [0.2, 0.25) is 0 Å². The molecule has 0 aromatic heterocycles. The second-order valence-corrected chi connectivity index (χ2v) is 11.8. The Kier molecular flexibility index (Phi) is 8.85. The first-order valence-electron chi connectivity index (χ1n) is 13.9. The minimum Gasteiger partial charge on any atom is -0.392 e. The molecule has 0 radical (unpaired) electrons. The van der Waals surface area contributed by atoms with Gasteiger partial charge in [0.15, 0.2) is 0 Å². The Balaban J connectivity index is 1.23. The van der Waals surface area contributed by atoms with Crippen molar-refractivity contribution in [1.82, 2.24) is 5.32 Å². The van der Waals surface area contributed by atoms with E-state index in [4.69, 9.17) is 0 Å². The number of carbonyl (C=O) groups is 2. The van der Waals surface area contributed by atoms with E-state index in [-0.39, 0.29) is 23.5 Å². The van der Waals surface area contributed by atoms with Crippen LogP contribution in [0.15, 0.2) is 30.3 Å². The van der Waals surface area contributed by atoms with E-state index < -0.39 is 6.10 Å². The van der Waals surface area contributed by atoms with Crippen LogP contribution < -0.4 is 5.32 Å². The zero-order chi connectivity index (χ0) is 24.1. The first-order valence-corrected chi connectivity index (χ1v) is 13.9. The molecule has 7 atom stereocenters. The number of aryl methyl sites for hydroxylation is 1. The first kappa shape index (κ1) is 25.4. The maximum Gasteiger partial charge on any atom is 0.220 e. The summed E-state index contributed by atoms with van der Waals surface area (Å²) in [5, 5.41) is 13.9. The molecule has 0 aliphatic heterocycles. The van der Waals surface area contributed by atoms with Crippen molar-refractivity contribution in [2.45, 2.75) is 103 Å². The van der Waals surface area contributed by atoms with Crippen molar-refractivity contribution in [3.05, 3.63) is 35.9 Å². The molecule has 34 heavy (non-hydrogen) atoms. The third-order valence-electron chi connectivity index (χ3n) is 8.99. The van der Waals surface area contributed by atoms with Gasteiger partial charge in [-0.15, -0.1) is 0 Å². The number of amides is 1. The van der Waals surface area contributed by atoms with E-state index in [0.29, 0.717) is 42.6 Å². The molecule has 0 bridgehead atoms. The molecular weight excluding hydrogens is 422 g/mol. The van der Waals surface area contributed by atoms with Gasteiger partial charge < -0.3 is 10.4 Å². The Hall–Kier alpha value is -1.68. The number of Topliss-reactive ketones (excluding diaryl/α,β-unsaturated/α-hetero) is 1. The molecule has 4 nitrogen and oxygen atoms in total. The summed E-state index contributed by atoms with van der Waals surface area (Å²) in [7, 11) is 0. The smallest absolute Gasteiger partial charge is 0.220 e. The molecule has 7 unspecified atom stereocenters. The highest BCUT2D eigenvalue weighted by molar-refractivity contribution is 5.84. The predicted molar refractivity (Wildman–Crippen MR) is 136 cm³/mol. The molecule has 1 aromatic rings. The number of benzene rings is 1. The maximum absolute atomic E-state index is 12.9. The average Bonchev–Trinajstić information content (AvgIpc) is 3.56. The highest BCUT2D eigenvalue weighted by atomic mass is 16.3. The molecule has 0 saturated heterocycles. The van der Waals surface area contributed by atoms with Gasteiger partial charge in [0, 0.05) is 24.8 Å². The van der Waals surface area contributed by atoms with Crippen molar-refractivity contribution in [2.75, 3.05) is 0 Å². The number of rotatable bonds is 13. The van der Waals surface area contributed by atoms with Crippen LogP contribution in [0.5, 0.6) is 0 Å². The minimum absolute atomic E-state index is 0.0253.